The first kappa shape index (κ1) is 23.5. The van der Waals surface area contributed by atoms with Crippen LogP contribution in [0, 0.1) is 34.5 Å². The van der Waals surface area contributed by atoms with Crippen LogP contribution in [0.25, 0.3) is 0 Å². The maximum Gasteiger partial charge on any atom is 0.192 e. The van der Waals surface area contributed by atoms with Crippen molar-refractivity contribution in [2.45, 2.75) is 109 Å². The summed E-state index contributed by atoms with van der Waals surface area (Å²) in [5.74, 6) is 2.80. The van der Waals surface area contributed by atoms with Crippen LogP contribution < -0.4 is 0 Å². The highest BCUT2D eigenvalue weighted by Gasteiger charge is 2.64. The Morgan fingerprint density at radius 2 is 1.72 bits per heavy atom. The molecule has 4 aliphatic carbocycles. The first-order valence-electron chi connectivity index (χ1n) is 13.4. The smallest absolute Gasteiger partial charge is 0.192 e. The van der Waals surface area contributed by atoms with E-state index in [1.807, 2.05) is 0 Å². The lowest BCUT2D eigenvalue weighted by Crippen LogP contribution is -2.60. The Balaban J connectivity index is 1.46. The number of Topliss-reactive ketones (excluding diaryl/α,β-unsaturated/α-hetero) is 1. The standard InChI is InChI=1S/C27H46O4Si/c1-24(2,3)32(5,6)31-18-26-13-14-27(29-15-16-30-27)17-19(26)7-8-20-21-9-10-23(28)25(21,4)12-11-22(20)26/h19-22H,7-18H2,1-6H3/t19-,20-,21-,22-,25-,26+/m0/s1. The van der Waals surface area contributed by atoms with E-state index >= 15 is 0 Å². The van der Waals surface area contributed by atoms with E-state index in [-0.39, 0.29) is 21.7 Å². The Morgan fingerprint density at radius 1 is 1.00 bits per heavy atom. The highest BCUT2D eigenvalue weighted by atomic mass is 28.4. The van der Waals surface area contributed by atoms with Crippen LogP contribution in [0.15, 0.2) is 0 Å². The first-order chi connectivity index (χ1) is 14.9. The number of ether oxygens (including phenoxy) is 2. The molecule has 0 aromatic rings. The van der Waals surface area contributed by atoms with Gasteiger partial charge in [0.1, 0.15) is 5.78 Å². The number of rotatable bonds is 3. The van der Waals surface area contributed by atoms with Crippen molar-refractivity contribution in [3.8, 4) is 0 Å². The second kappa shape index (κ2) is 7.63. The average molecular weight is 463 g/mol. The molecule has 0 N–H and O–H groups in total. The van der Waals surface area contributed by atoms with Crippen molar-refractivity contribution in [1.29, 1.82) is 0 Å². The lowest BCUT2D eigenvalue weighted by atomic mass is 9.44. The zero-order valence-electron chi connectivity index (χ0n) is 21.4. The van der Waals surface area contributed by atoms with Gasteiger partial charge in [-0.25, -0.2) is 0 Å². The lowest BCUT2D eigenvalue weighted by molar-refractivity contribution is -0.237. The fourth-order valence-corrected chi connectivity index (χ4v) is 9.40. The maximum atomic E-state index is 12.9. The topological polar surface area (TPSA) is 44.8 Å². The molecule has 5 rings (SSSR count). The summed E-state index contributed by atoms with van der Waals surface area (Å²) in [4.78, 5) is 12.9. The van der Waals surface area contributed by atoms with Gasteiger partial charge >= 0.3 is 0 Å². The van der Waals surface area contributed by atoms with Crippen molar-refractivity contribution in [2.24, 2.45) is 34.5 Å². The molecule has 5 fully saturated rings. The Hall–Kier alpha value is -0.233. The normalized spacial score (nSPS) is 43.8. The van der Waals surface area contributed by atoms with Crippen LogP contribution in [0.3, 0.4) is 0 Å². The number of fused-ring (bicyclic) bond motifs is 5. The van der Waals surface area contributed by atoms with Crippen molar-refractivity contribution in [3.63, 3.8) is 0 Å². The van der Waals surface area contributed by atoms with E-state index < -0.39 is 8.32 Å². The molecule has 1 spiro atoms. The van der Waals surface area contributed by atoms with Crippen molar-refractivity contribution < 1.29 is 18.7 Å². The number of carbonyl (C=O) groups is 1. The van der Waals surface area contributed by atoms with Crippen molar-refractivity contribution in [1.82, 2.24) is 0 Å². The van der Waals surface area contributed by atoms with Crippen LogP contribution in [-0.2, 0) is 18.7 Å². The van der Waals surface area contributed by atoms with E-state index in [1.165, 1.54) is 19.3 Å². The number of carbonyl (C=O) groups excluding carboxylic acids is 1. The molecule has 6 atom stereocenters. The minimum atomic E-state index is -1.84. The summed E-state index contributed by atoms with van der Waals surface area (Å²) < 4.78 is 19.5. The molecule has 0 aromatic carbocycles. The third kappa shape index (κ3) is 3.43. The van der Waals surface area contributed by atoms with Gasteiger partial charge in [0.15, 0.2) is 14.1 Å². The molecular weight excluding hydrogens is 416 g/mol. The van der Waals surface area contributed by atoms with Gasteiger partial charge in [0.25, 0.3) is 0 Å². The Labute approximate surface area is 196 Å². The first-order valence-corrected chi connectivity index (χ1v) is 16.3. The van der Waals surface area contributed by atoms with Crippen LogP contribution in [0.5, 0.6) is 0 Å². The summed E-state index contributed by atoms with van der Waals surface area (Å²) in [7, 11) is -1.84. The number of hydrogen-bond acceptors (Lipinski definition) is 4. The van der Waals surface area contributed by atoms with Gasteiger partial charge in [-0.3, -0.25) is 4.79 Å². The minimum absolute atomic E-state index is 0.0525. The van der Waals surface area contributed by atoms with Gasteiger partial charge < -0.3 is 13.9 Å². The summed E-state index contributed by atoms with van der Waals surface area (Å²) >= 11 is 0. The number of hydrogen-bond donors (Lipinski definition) is 0. The average Bonchev–Trinajstić information content (AvgIpc) is 3.30. The number of ketones is 1. The van der Waals surface area contributed by atoms with Gasteiger partial charge in [0.2, 0.25) is 0 Å². The molecule has 1 heterocycles. The second-order valence-electron chi connectivity index (χ2n) is 13.7. The quantitative estimate of drug-likeness (QED) is 0.459. The SMILES string of the molecule is CC(C)(C)[Si](C)(C)OC[C@]12CCC3(C[C@@H]1CC[C@@H]1[C@@H]2CC[C@]2(C)C(=O)CC[C@@H]12)OCCO3. The van der Waals surface area contributed by atoms with Crippen LogP contribution in [0.1, 0.15) is 85.5 Å². The third-order valence-electron chi connectivity index (χ3n) is 11.4. The van der Waals surface area contributed by atoms with Crippen LogP contribution in [-0.4, -0.2) is 39.7 Å². The maximum absolute atomic E-state index is 12.9. The lowest BCUT2D eigenvalue weighted by Gasteiger charge is -2.62. The molecule has 0 amide bonds. The predicted molar refractivity (Wildman–Crippen MR) is 129 cm³/mol. The zero-order chi connectivity index (χ0) is 23.0. The molecule has 4 saturated carbocycles. The van der Waals surface area contributed by atoms with E-state index in [1.54, 1.807) is 0 Å². The van der Waals surface area contributed by atoms with E-state index in [0.717, 1.165) is 58.3 Å². The molecule has 5 heteroatoms. The zero-order valence-corrected chi connectivity index (χ0v) is 22.4. The van der Waals surface area contributed by atoms with Crippen molar-refractivity contribution >= 4 is 14.1 Å². The van der Waals surface area contributed by atoms with Crippen molar-refractivity contribution in [3.05, 3.63) is 0 Å². The summed E-state index contributed by atoms with van der Waals surface area (Å²) in [6.07, 6.45) is 9.96. The molecule has 182 valence electrons. The fraction of sp³-hybridized carbons (Fsp3) is 0.963. The molecule has 32 heavy (non-hydrogen) atoms. The minimum Gasteiger partial charge on any atom is -0.416 e. The molecule has 0 unspecified atom stereocenters. The third-order valence-corrected chi connectivity index (χ3v) is 15.9. The molecule has 0 radical (unpaired) electrons. The predicted octanol–water partition coefficient (Wildman–Crippen LogP) is 6.34. The molecule has 1 saturated heterocycles. The van der Waals surface area contributed by atoms with Gasteiger partial charge in [-0.1, -0.05) is 27.7 Å². The van der Waals surface area contributed by atoms with Crippen LogP contribution in [0.4, 0.5) is 0 Å². The van der Waals surface area contributed by atoms with E-state index in [0.29, 0.717) is 29.5 Å². The molecule has 4 nitrogen and oxygen atoms in total. The molecule has 1 aliphatic heterocycles. The van der Waals surface area contributed by atoms with Gasteiger partial charge in [-0.2, -0.15) is 0 Å². The summed E-state index contributed by atoms with van der Waals surface area (Å²) in [5.41, 5.74) is 0.176. The Kier molecular flexibility index (Phi) is 5.61. The second-order valence-corrected chi connectivity index (χ2v) is 18.5. The Bertz CT molecular complexity index is 751. The molecular formula is C27H46O4Si. The van der Waals surface area contributed by atoms with Crippen molar-refractivity contribution in [2.75, 3.05) is 19.8 Å². The molecule has 5 aliphatic rings. The van der Waals surface area contributed by atoms with Gasteiger partial charge in [0.05, 0.1) is 13.2 Å². The van der Waals surface area contributed by atoms with E-state index in [2.05, 4.69) is 40.8 Å². The van der Waals surface area contributed by atoms with Crippen LogP contribution >= 0.6 is 0 Å². The van der Waals surface area contributed by atoms with Crippen LogP contribution in [0.2, 0.25) is 18.1 Å². The monoisotopic (exact) mass is 462 g/mol. The summed E-state index contributed by atoms with van der Waals surface area (Å²) in [6.45, 7) is 16.6. The van der Waals surface area contributed by atoms with E-state index in [9.17, 15) is 4.79 Å². The molecule has 0 bridgehead atoms. The summed E-state index contributed by atoms with van der Waals surface area (Å²) in [6, 6.07) is 0. The van der Waals surface area contributed by atoms with E-state index in [4.69, 9.17) is 13.9 Å². The van der Waals surface area contributed by atoms with Gasteiger partial charge in [-0.15, -0.1) is 0 Å². The largest absolute Gasteiger partial charge is 0.416 e. The highest BCUT2D eigenvalue weighted by Crippen LogP contribution is 2.67. The summed E-state index contributed by atoms with van der Waals surface area (Å²) in [5, 5.41) is 0.226. The Morgan fingerprint density at radius 3 is 2.41 bits per heavy atom. The van der Waals surface area contributed by atoms with Gasteiger partial charge in [-0.05, 0) is 85.7 Å². The molecule has 0 aromatic heterocycles. The van der Waals surface area contributed by atoms with Gasteiger partial charge in [0, 0.05) is 31.3 Å². The fourth-order valence-electron chi connectivity index (χ4n) is 8.34. The highest BCUT2D eigenvalue weighted by molar-refractivity contribution is 6.74.